The smallest absolute Gasteiger partial charge is 0.343 e. The predicted octanol–water partition coefficient (Wildman–Crippen LogP) is 2.87. The molecule has 2 N–H and O–H groups in total. The number of methoxy groups -OCH3 is 1. The first kappa shape index (κ1) is 16.8. The summed E-state index contributed by atoms with van der Waals surface area (Å²) >= 11 is 5.85. The van der Waals surface area contributed by atoms with E-state index in [2.05, 4.69) is 0 Å². The van der Waals surface area contributed by atoms with Crippen LogP contribution in [0.25, 0.3) is 0 Å². The van der Waals surface area contributed by atoms with E-state index in [1.807, 2.05) is 0 Å². The van der Waals surface area contributed by atoms with Gasteiger partial charge in [0.25, 0.3) is 5.91 Å². The number of nitrogens with two attached hydrogens (primary N) is 1. The first-order chi connectivity index (χ1) is 10.9. The number of hydrogen-bond acceptors (Lipinski definition) is 4. The maximum Gasteiger partial charge on any atom is 0.343 e. The van der Waals surface area contributed by atoms with Crippen LogP contribution in [0.2, 0.25) is 5.02 Å². The average Bonchev–Trinajstić information content (AvgIpc) is 2.53. The van der Waals surface area contributed by atoms with E-state index in [0.29, 0.717) is 5.02 Å². The Balaban J connectivity index is 2.30. The number of carbonyl (C=O) groups excluding carboxylic acids is 2. The van der Waals surface area contributed by atoms with Crippen LogP contribution in [0.1, 0.15) is 22.0 Å². The largest absolute Gasteiger partial charge is 0.496 e. The van der Waals surface area contributed by atoms with Crippen molar-refractivity contribution in [3.63, 3.8) is 0 Å². The lowest BCUT2D eigenvalue weighted by molar-refractivity contribution is -0.127. The normalized spacial score (nSPS) is 11.6. The van der Waals surface area contributed by atoms with Gasteiger partial charge in [-0.2, -0.15) is 0 Å². The first-order valence-electron chi connectivity index (χ1n) is 6.51. The highest BCUT2D eigenvalue weighted by Gasteiger charge is 2.25. The summed E-state index contributed by atoms with van der Waals surface area (Å²) in [5.74, 6) is -1.97. The van der Waals surface area contributed by atoms with Gasteiger partial charge in [-0.15, -0.1) is 0 Å². The standard InChI is InChI=1S/C16H13ClFNO4/c1-22-13-7-4-10(17)8-12(13)16(21)23-14(15(19)20)9-2-5-11(18)6-3-9/h2-8,14H,1H3,(H2,19,20)/t14-/m1/s1. The number of primary amides is 1. The van der Waals surface area contributed by atoms with E-state index in [0.717, 1.165) is 12.1 Å². The molecule has 7 heteroatoms. The Hall–Kier alpha value is -2.60. The zero-order valence-electron chi connectivity index (χ0n) is 12.1. The van der Waals surface area contributed by atoms with Crippen molar-refractivity contribution in [2.75, 3.05) is 7.11 Å². The Bertz CT molecular complexity index is 733. The highest BCUT2D eigenvalue weighted by Crippen LogP contribution is 2.26. The Morgan fingerprint density at radius 3 is 2.39 bits per heavy atom. The molecule has 0 fully saturated rings. The van der Waals surface area contributed by atoms with E-state index in [4.69, 9.17) is 26.8 Å². The van der Waals surface area contributed by atoms with Crippen LogP contribution in [-0.4, -0.2) is 19.0 Å². The van der Waals surface area contributed by atoms with Crippen LogP contribution < -0.4 is 10.5 Å². The van der Waals surface area contributed by atoms with Gasteiger partial charge in [0.2, 0.25) is 6.10 Å². The van der Waals surface area contributed by atoms with Crippen molar-refractivity contribution in [3.05, 3.63) is 64.4 Å². The summed E-state index contributed by atoms with van der Waals surface area (Å²) in [6, 6.07) is 9.29. The van der Waals surface area contributed by atoms with Crippen LogP contribution in [0, 0.1) is 5.82 Å². The molecule has 2 aromatic rings. The fraction of sp³-hybridized carbons (Fsp3) is 0.125. The van der Waals surface area contributed by atoms with E-state index < -0.39 is 23.8 Å². The highest BCUT2D eigenvalue weighted by atomic mass is 35.5. The molecule has 0 saturated heterocycles. The second-order valence-corrected chi connectivity index (χ2v) is 5.02. The second-order valence-electron chi connectivity index (χ2n) is 4.58. The van der Waals surface area contributed by atoms with Gasteiger partial charge in [0.15, 0.2) is 0 Å². The van der Waals surface area contributed by atoms with E-state index in [9.17, 15) is 14.0 Å². The van der Waals surface area contributed by atoms with Gasteiger partial charge in [-0.3, -0.25) is 4.79 Å². The molecular weight excluding hydrogens is 325 g/mol. The van der Waals surface area contributed by atoms with Crippen LogP contribution in [0.3, 0.4) is 0 Å². The van der Waals surface area contributed by atoms with Gasteiger partial charge in [-0.05, 0) is 30.3 Å². The van der Waals surface area contributed by atoms with Crippen molar-refractivity contribution in [2.45, 2.75) is 6.10 Å². The number of amides is 1. The Morgan fingerprint density at radius 2 is 1.83 bits per heavy atom. The summed E-state index contributed by atoms with van der Waals surface area (Å²) in [7, 11) is 1.38. The summed E-state index contributed by atoms with van der Waals surface area (Å²) in [5, 5.41) is 0.301. The number of hydrogen-bond donors (Lipinski definition) is 1. The van der Waals surface area contributed by atoms with E-state index in [-0.39, 0.29) is 16.9 Å². The zero-order chi connectivity index (χ0) is 17.0. The molecule has 0 heterocycles. The molecule has 1 atom stereocenters. The topological polar surface area (TPSA) is 78.6 Å². The lowest BCUT2D eigenvalue weighted by Gasteiger charge is -2.16. The van der Waals surface area contributed by atoms with Crippen LogP contribution in [0.4, 0.5) is 4.39 Å². The van der Waals surface area contributed by atoms with E-state index in [1.165, 1.54) is 31.4 Å². The molecule has 0 aliphatic carbocycles. The Kier molecular flexibility index (Phi) is 5.18. The summed E-state index contributed by atoms with van der Waals surface area (Å²) in [5.41, 5.74) is 5.57. The minimum atomic E-state index is -1.35. The van der Waals surface area contributed by atoms with Gasteiger partial charge in [0, 0.05) is 10.6 Å². The fourth-order valence-corrected chi connectivity index (χ4v) is 2.11. The minimum Gasteiger partial charge on any atom is -0.496 e. The molecule has 120 valence electrons. The Morgan fingerprint density at radius 1 is 1.17 bits per heavy atom. The minimum absolute atomic E-state index is 0.0494. The molecule has 0 spiro atoms. The molecule has 0 saturated carbocycles. The molecule has 2 rings (SSSR count). The third-order valence-corrected chi connectivity index (χ3v) is 3.27. The van der Waals surface area contributed by atoms with Crippen molar-refractivity contribution < 1.29 is 23.5 Å². The van der Waals surface area contributed by atoms with Gasteiger partial charge < -0.3 is 15.2 Å². The van der Waals surface area contributed by atoms with E-state index in [1.54, 1.807) is 6.07 Å². The molecule has 1 amide bonds. The van der Waals surface area contributed by atoms with Crippen LogP contribution in [0.5, 0.6) is 5.75 Å². The second kappa shape index (κ2) is 7.11. The summed E-state index contributed by atoms with van der Waals surface area (Å²) in [4.78, 5) is 23.9. The molecule has 23 heavy (non-hydrogen) atoms. The fourth-order valence-electron chi connectivity index (χ4n) is 1.94. The zero-order valence-corrected chi connectivity index (χ0v) is 12.8. The third kappa shape index (κ3) is 3.98. The highest BCUT2D eigenvalue weighted by molar-refractivity contribution is 6.31. The molecule has 0 aliphatic rings. The maximum absolute atomic E-state index is 13.0. The van der Waals surface area contributed by atoms with Gasteiger partial charge >= 0.3 is 5.97 Å². The number of carbonyl (C=O) groups is 2. The van der Waals surface area contributed by atoms with Crippen molar-refractivity contribution >= 4 is 23.5 Å². The van der Waals surface area contributed by atoms with Gasteiger partial charge in [0.1, 0.15) is 17.1 Å². The van der Waals surface area contributed by atoms with Gasteiger partial charge in [-0.25, -0.2) is 9.18 Å². The number of rotatable bonds is 5. The number of halogens is 2. The van der Waals surface area contributed by atoms with Crippen molar-refractivity contribution in [2.24, 2.45) is 5.73 Å². The lowest BCUT2D eigenvalue weighted by Crippen LogP contribution is -2.26. The molecule has 0 aromatic heterocycles. The molecule has 2 aromatic carbocycles. The SMILES string of the molecule is COc1ccc(Cl)cc1C(=O)O[C@@H](C(N)=O)c1ccc(F)cc1. The number of ether oxygens (including phenoxy) is 2. The predicted molar refractivity (Wildman–Crippen MR) is 81.8 cm³/mol. The summed E-state index contributed by atoms with van der Waals surface area (Å²) in [6.07, 6.45) is -1.35. The van der Waals surface area contributed by atoms with Gasteiger partial charge in [-0.1, -0.05) is 23.7 Å². The quantitative estimate of drug-likeness (QED) is 0.851. The van der Waals surface area contributed by atoms with Crippen LogP contribution >= 0.6 is 11.6 Å². The average molecular weight is 338 g/mol. The van der Waals surface area contributed by atoms with E-state index >= 15 is 0 Å². The monoisotopic (exact) mass is 337 g/mol. The van der Waals surface area contributed by atoms with Crippen molar-refractivity contribution in [1.82, 2.24) is 0 Å². The maximum atomic E-state index is 13.0. The van der Waals surface area contributed by atoms with Crippen LogP contribution in [-0.2, 0) is 9.53 Å². The van der Waals surface area contributed by atoms with Gasteiger partial charge in [0.05, 0.1) is 7.11 Å². The molecule has 0 unspecified atom stereocenters. The molecular formula is C16H13ClFNO4. The summed E-state index contributed by atoms with van der Waals surface area (Å²) < 4.78 is 23.2. The van der Waals surface area contributed by atoms with Crippen molar-refractivity contribution in [1.29, 1.82) is 0 Å². The molecule has 5 nitrogen and oxygen atoms in total. The molecule has 0 aliphatic heterocycles. The number of esters is 1. The van der Waals surface area contributed by atoms with Crippen molar-refractivity contribution in [3.8, 4) is 5.75 Å². The molecule has 0 bridgehead atoms. The molecule has 0 radical (unpaired) electrons. The lowest BCUT2D eigenvalue weighted by atomic mass is 10.1. The number of benzene rings is 2. The third-order valence-electron chi connectivity index (χ3n) is 3.04. The summed E-state index contributed by atoms with van der Waals surface area (Å²) in [6.45, 7) is 0. The Labute approximate surface area is 136 Å². The van der Waals surface area contributed by atoms with Crippen LogP contribution in [0.15, 0.2) is 42.5 Å². The first-order valence-corrected chi connectivity index (χ1v) is 6.89.